The van der Waals surface area contributed by atoms with Crippen LogP contribution in [0.4, 0.5) is 13.2 Å². The first-order valence-corrected chi connectivity index (χ1v) is 9.10. The van der Waals surface area contributed by atoms with Crippen LogP contribution in [0.5, 0.6) is 5.75 Å². The van der Waals surface area contributed by atoms with Crippen LogP contribution < -0.4 is 9.46 Å². The van der Waals surface area contributed by atoms with Crippen LogP contribution in [-0.4, -0.2) is 36.6 Å². The number of rotatable bonds is 7. The summed E-state index contributed by atoms with van der Waals surface area (Å²) >= 11 is 1.38. The Morgan fingerprint density at radius 1 is 1.29 bits per heavy atom. The van der Waals surface area contributed by atoms with Crippen LogP contribution in [-0.2, 0) is 17.1 Å². The third-order valence-electron chi connectivity index (χ3n) is 2.77. The highest BCUT2D eigenvalue weighted by Crippen LogP contribution is 2.23. The monoisotopic (exact) mass is 381 g/mol. The molecule has 0 radical (unpaired) electrons. The van der Waals surface area contributed by atoms with Gasteiger partial charge in [0.15, 0.2) is 5.16 Å². The van der Waals surface area contributed by atoms with E-state index in [1.807, 2.05) is 7.05 Å². The molecule has 0 saturated carbocycles. The van der Waals surface area contributed by atoms with Crippen LogP contribution in [0.25, 0.3) is 0 Å². The molecule has 1 aromatic heterocycles. The van der Waals surface area contributed by atoms with Crippen molar-refractivity contribution in [3.8, 4) is 5.75 Å². The lowest BCUT2D eigenvalue weighted by Crippen LogP contribution is -2.26. The standard InChI is InChI=1S/C13H14F3N3O3S2/c1-19-8-6-17-12(19)23-9-7-18-24(20,21)11-4-2-10(3-5-11)22-13(14,15)16/h2-6,8,18H,7,9H2,1H3. The van der Waals surface area contributed by atoms with Crippen LogP contribution in [0.3, 0.4) is 0 Å². The first kappa shape index (κ1) is 18.6. The minimum atomic E-state index is -4.82. The van der Waals surface area contributed by atoms with E-state index in [1.54, 1.807) is 17.0 Å². The lowest BCUT2D eigenvalue weighted by molar-refractivity contribution is -0.274. The highest BCUT2D eigenvalue weighted by Gasteiger charge is 2.31. The molecule has 1 heterocycles. The number of nitrogens with one attached hydrogen (secondary N) is 1. The molecule has 0 bridgehead atoms. The van der Waals surface area contributed by atoms with Gasteiger partial charge in [-0.15, -0.1) is 13.2 Å². The second-order valence-electron chi connectivity index (χ2n) is 4.59. The summed E-state index contributed by atoms with van der Waals surface area (Å²) in [6, 6.07) is 4.00. The summed E-state index contributed by atoms with van der Waals surface area (Å²) in [5.41, 5.74) is 0. The third-order valence-corrected chi connectivity index (χ3v) is 5.31. The fourth-order valence-corrected chi connectivity index (χ4v) is 3.66. The van der Waals surface area contributed by atoms with Crippen LogP contribution >= 0.6 is 11.8 Å². The molecule has 6 nitrogen and oxygen atoms in total. The van der Waals surface area contributed by atoms with Gasteiger partial charge < -0.3 is 9.30 Å². The van der Waals surface area contributed by atoms with E-state index in [0.717, 1.165) is 29.4 Å². The highest BCUT2D eigenvalue weighted by atomic mass is 32.2. The number of halogens is 3. The predicted molar refractivity (Wildman–Crippen MR) is 82.2 cm³/mol. The van der Waals surface area contributed by atoms with Gasteiger partial charge in [-0.05, 0) is 24.3 Å². The highest BCUT2D eigenvalue weighted by molar-refractivity contribution is 7.99. The minimum Gasteiger partial charge on any atom is -0.406 e. The molecule has 1 N–H and O–H groups in total. The topological polar surface area (TPSA) is 73.2 Å². The summed E-state index contributed by atoms with van der Waals surface area (Å²) in [5.74, 6) is -0.0221. The Bertz CT molecular complexity index is 774. The Balaban J connectivity index is 1.89. The van der Waals surface area contributed by atoms with Crippen LogP contribution in [0, 0.1) is 0 Å². The van der Waals surface area contributed by atoms with Crippen molar-refractivity contribution in [3.63, 3.8) is 0 Å². The lowest BCUT2D eigenvalue weighted by Gasteiger charge is -2.10. The van der Waals surface area contributed by atoms with Gasteiger partial charge in [0, 0.05) is 31.7 Å². The summed E-state index contributed by atoms with van der Waals surface area (Å²) in [6.07, 6.45) is -1.41. The SMILES string of the molecule is Cn1ccnc1SCCNS(=O)(=O)c1ccc(OC(F)(F)F)cc1. The van der Waals surface area contributed by atoms with E-state index >= 15 is 0 Å². The van der Waals surface area contributed by atoms with Crippen molar-refractivity contribution in [1.82, 2.24) is 14.3 Å². The normalized spacial score (nSPS) is 12.3. The van der Waals surface area contributed by atoms with Gasteiger partial charge in [0.2, 0.25) is 10.0 Å². The zero-order valence-electron chi connectivity index (χ0n) is 12.4. The van der Waals surface area contributed by atoms with Crippen molar-refractivity contribution in [3.05, 3.63) is 36.7 Å². The molecule has 24 heavy (non-hydrogen) atoms. The largest absolute Gasteiger partial charge is 0.573 e. The molecule has 0 aliphatic carbocycles. The summed E-state index contributed by atoms with van der Waals surface area (Å²) < 4.78 is 68.2. The number of thioether (sulfide) groups is 1. The number of aromatic nitrogens is 2. The number of sulfonamides is 1. The maximum atomic E-state index is 12.1. The predicted octanol–water partition coefficient (Wildman–Crippen LogP) is 2.39. The molecule has 2 rings (SSSR count). The fourth-order valence-electron chi connectivity index (χ4n) is 1.71. The minimum absolute atomic E-state index is 0.140. The summed E-state index contributed by atoms with van der Waals surface area (Å²) in [5, 5.41) is 0.753. The zero-order chi connectivity index (χ0) is 17.8. The second kappa shape index (κ2) is 7.45. The summed E-state index contributed by atoms with van der Waals surface area (Å²) in [7, 11) is -1.98. The van der Waals surface area contributed by atoms with Crippen LogP contribution in [0.1, 0.15) is 0 Å². The van der Waals surface area contributed by atoms with Crippen molar-refractivity contribution in [2.24, 2.45) is 7.05 Å². The Labute approximate surface area is 141 Å². The zero-order valence-corrected chi connectivity index (χ0v) is 14.1. The molecule has 1 aromatic carbocycles. The van der Waals surface area contributed by atoms with Gasteiger partial charge in [0.25, 0.3) is 0 Å². The average molecular weight is 381 g/mol. The van der Waals surface area contributed by atoms with Gasteiger partial charge in [-0.1, -0.05) is 11.8 Å². The molecule has 0 unspecified atom stereocenters. The Kier molecular flexibility index (Phi) is 5.78. The van der Waals surface area contributed by atoms with Crippen LogP contribution in [0.15, 0.2) is 46.7 Å². The van der Waals surface area contributed by atoms with Gasteiger partial charge in [-0.2, -0.15) is 0 Å². The molecule has 0 amide bonds. The maximum Gasteiger partial charge on any atom is 0.573 e. The fraction of sp³-hybridized carbons (Fsp3) is 0.308. The second-order valence-corrected chi connectivity index (χ2v) is 7.42. The van der Waals surface area contributed by atoms with Gasteiger partial charge >= 0.3 is 6.36 Å². The molecule has 2 aromatic rings. The molecule has 0 spiro atoms. The molecule has 0 saturated heterocycles. The van der Waals surface area contributed by atoms with E-state index in [2.05, 4.69) is 14.4 Å². The number of ether oxygens (including phenoxy) is 1. The van der Waals surface area contributed by atoms with Crippen molar-refractivity contribution in [2.75, 3.05) is 12.3 Å². The maximum absolute atomic E-state index is 12.1. The number of benzene rings is 1. The van der Waals surface area contributed by atoms with E-state index in [-0.39, 0.29) is 11.4 Å². The van der Waals surface area contributed by atoms with Crippen molar-refractivity contribution >= 4 is 21.8 Å². The Morgan fingerprint density at radius 3 is 2.50 bits per heavy atom. The average Bonchev–Trinajstić information content (AvgIpc) is 2.88. The Morgan fingerprint density at radius 2 is 1.96 bits per heavy atom. The summed E-state index contributed by atoms with van der Waals surface area (Å²) in [6.45, 7) is 0.153. The number of imidazole rings is 1. The molecule has 0 aliphatic rings. The molecule has 132 valence electrons. The Hall–Kier alpha value is -1.72. The van der Waals surface area contributed by atoms with Gasteiger partial charge in [0.05, 0.1) is 4.90 Å². The number of hydrogen-bond acceptors (Lipinski definition) is 5. The first-order valence-electron chi connectivity index (χ1n) is 6.63. The van der Waals surface area contributed by atoms with E-state index in [9.17, 15) is 21.6 Å². The molecular formula is C13H14F3N3O3S2. The van der Waals surface area contributed by atoms with Crippen molar-refractivity contribution < 1.29 is 26.3 Å². The summed E-state index contributed by atoms with van der Waals surface area (Å²) in [4.78, 5) is 3.95. The first-order chi connectivity index (χ1) is 11.2. The van der Waals surface area contributed by atoms with E-state index < -0.39 is 22.1 Å². The van der Waals surface area contributed by atoms with Gasteiger partial charge in [-0.25, -0.2) is 18.1 Å². The van der Waals surface area contributed by atoms with Crippen LogP contribution in [0.2, 0.25) is 0 Å². The number of nitrogens with zero attached hydrogens (tertiary/aromatic N) is 2. The molecular weight excluding hydrogens is 367 g/mol. The van der Waals surface area contributed by atoms with Gasteiger partial charge in [0.1, 0.15) is 5.75 Å². The van der Waals surface area contributed by atoms with E-state index in [0.29, 0.717) is 5.75 Å². The third kappa shape index (κ3) is 5.42. The van der Waals surface area contributed by atoms with E-state index in [4.69, 9.17) is 0 Å². The lowest BCUT2D eigenvalue weighted by atomic mass is 10.3. The quantitative estimate of drug-likeness (QED) is 0.589. The number of hydrogen-bond donors (Lipinski definition) is 1. The molecule has 0 aliphatic heterocycles. The van der Waals surface area contributed by atoms with Crippen molar-refractivity contribution in [1.29, 1.82) is 0 Å². The molecule has 0 fully saturated rings. The smallest absolute Gasteiger partial charge is 0.406 e. The van der Waals surface area contributed by atoms with Crippen molar-refractivity contribution in [2.45, 2.75) is 16.4 Å². The van der Waals surface area contributed by atoms with E-state index in [1.165, 1.54) is 11.8 Å². The number of alkyl halides is 3. The molecule has 11 heteroatoms. The van der Waals surface area contributed by atoms with Gasteiger partial charge in [-0.3, -0.25) is 0 Å². The number of aryl methyl sites for hydroxylation is 1. The molecule has 0 atom stereocenters.